The van der Waals surface area contributed by atoms with E-state index in [1.165, 1.54) is 7.11 Å². The number of aromatic nitrogens is 2. The number of phenols is 1. The number of hydrogen-bond donors (Lipinski definition) is 1. The average Bonchev–Trinajstić information content (AvgIpc) is 3.30. The Morgan fingerprint density at radius 1 is 0.786 bits per heavy atom. The molecule has 0 unspecified atom stereocenters. The summed E-state index contributed by atoms with van der Waals surface area (Å²) in [6.07, 6.45) is -15.0. The molecule has 1 aromatic heterocycles. The lowest BCUT2D eigenvalue weighted by Crippen LogP contribution is -2.11. The molecule has 42 heavy (non-hydrogen) atoms. The van der Waals surface area contributed by atoms with Crippen molar-refractivity contribution in [2.45, 2.75) is 24.9 Å². The van der Waals surface area contributed by atoms with Crippen molar-refractivity contribution >= 4 is 0 Å². The zero-order valence-corrected chi connectivity index (χ0v) is 21.7. The third kappa shape index (κ3) is 6.58. The number of phenolic OH excluding ortho intramolecular Hbond substituents is 1. The fourth-order valence-corrected chi connectivity index (χ4v) is 4.21. The van der Waals surface area contributed by atoms with E-state index < -0.39 is 52.2 Å². The van der Waals surface area contributed by atoms with Gasteiger partial charge >= 0.3 is 18.5 Å². The van der Waals surface area contributed by atoms with Crippen molar-refractivity contribution in [3.8, 4) is 39.6 Å². The average molecular weight is 604 g/mol. The summed E-state index contributed by atoms with van der Waals surface area (Å²) in [5.41, 5.74) is -5.78. The van der Waals surface area contributed by atoms with Crippen LogP contribution in [0.5, 0.6) is 17.2 Å². The molecular weight excluding hydrogens is 583 g/mol. The van der Waals surface area contributed by atoms with Gasteiger partial charge in [-0.15, -0.1) is 0 Å². The van der Waals surface area contributed by atoms with E-state index in [0.29, 0.717) is 23.9 Å². The molecule has 0 saturated heterocycles. The number of benzene rings is 3. The number of hydrogen-bond acceptors (Lipinski definition) is 4. The largest absolute Gasteiger partial charge is 0.506 e. The number of aromatic hydroxyl groups is 1. The summed E-state index contributed by atoms with van der Waals surface area (Å²) >= 11 is 0. The highest BCUT2D eigenvalue weighted by Crippen LogP contribution is 2.47. The number of aryl methyl sites for hydroxylation is 1. The van der Waals surface area contributed by atoms with Crippen molar-refractivity contribution in [3.63, 3.8) is 0 Å². The second-order valence-electron chi connectivity index (χ2n) is 9.11. The third-order valence-corrected chi connectivity index (χ3v) is 6.27. The lowest BCUT2D eigenvalue weighted by atomic mass is 9.95. The van der Waals surface area contributed by atoms with Crippen LogP contribution in [0.3, 0.4) is 0 Å². The minimum absolute atomic E-state index is 0.0780. The van der Waals surface area contributed by atoms with Crippen LogP contribution in [-0.4, -0.2) is 28.6 Å². The van der Waals surface area contributed by atoms with Gasteiger partial charge in [0.2, 0.25) is 0 Å². The highest BCUT2D eigenvalue weighted by atomic mass is 19.4. The number of alkyl halides is 9. The van der Waals surface area contributed by atoms with E-state index in [-0.39, 0.29) is 36.1 Å². The third-order valence-electron chi connectivity index (χ3n) is 6.27. The van der Waals surface area contributed by atoms with Crippen molar-refractivity contribution in [2.24, 2.45) is 7.05 Å². The maximum Gasteiger partial charge on any atom is 0.435 e. The van der Waals surface area contributed by atoms with Gasteiger partial charge < -0.3 is 14.6 Å². The summed E-state index contributed by atoms with van der Waals surface area (Å²) in [4.78, 5) is 0. The molecule has 224 valence electrons. The smallest absolute Gasteiger partial charge is 0.435 e. The molecule has 1 heterocycles. The van der Waals surface area contributed by atoms with E-state index in [1.54, 1.807) is 24.3 Å². The molecular formula is C28H21F9N2O3. The molecule has 0 bridgehead atoms. The molecule has 0 aliphatic carbocycles. The van der Waals surface area contributed by atoms with Crippen LogP contribution in [0.25, 0.3) is 22.4 Å². The Kier molecular flexibility index (Phi) is 8.11. The molecule has 4 aromatic rings. The van der Waals surface area contributed by atoms with Crippen LogP contribution in [0.1, 0.15) is 22.4 Å². The first kappa shape index (κ1) is 30.6. The Morgan fingerprint density at radius 3 is 1.88 bits per heavy atom. The van der Waals surface area contributed by atoms with E-state index in [9.17, 15) is 44.6 Å². The maximum absolute atomic E-state index is 13.6. The molecule has 0 amide bonds. The molecule has 0 fully saturated rings. The first-order valence-electron chi connectivity index (χ1n) is 12.0. The molecule has 0 saturated carbocycles. The van der Waals surface area contributed by atoms with Crippen LogP contribution in [-0.2, 0) is 32.0 Å². The Hall–Kier alpha value is -4.36. The standard InChI is InChI=1S/C28H21F9N2O3/c1-39-21(14-23(38-39)28(35,36)37)20-7-8-22(42-10-9-15-3-5-19(41-2)6-4-15)24(25(20)40)16-11-17(26(29,30)31)13-18(12-16)27(32,33)34/h3-8,11-14,40H,9-10H2,1-2H3. The second kappa shape index (κ2) is 11.1. The molecule has 0 aliphatic heterocycles. The molecule has 4 rings (SSSR count). The molecule has 5 nitrogen and oxygen atoms in total. The maximum atomic E-state index is 13.6. The fourth-order valence-electron chi connectivity index (χ4n) is 4.21. The summed E-state index contributed by atoms with van der Waals surface area (Å²) in [5, 5.41) is 14.6. The fraction of sp³-hybridized carbons (Fsp3) is 0.250. The quantitative estimate of drug-likeness (QED) is 0.217. The van der Waals surface area contributed by atoms with Gasteiger partial charge in [0.15, 0.2) is 5.69 Å². The van der Waals surface area contributed by atoms with Crippen LogP contribution in [0.4, 0.5) is 39.5 Å². The lowest BCUT2D eigenvalue weighted by molar-refractivity contribution is -0.143. The van der Waals surface area contributed by atoms with E-state index in [2.05, 4.69) is 5.10 Å². The van der Waals surface area contributed by atoms with Gasteiger partial charge in [0.05, 0.1) is 36.1 Å². The first-order chi connectivity index (χ1) is 19.5. The van der Waals surface area contributed by atoms with E-state index in [1.807, 2.05) is 0 Å². The van der Waals surface area contributed by atoms with Crippen LogP contribution < -0.4 is 9.47 Å². The van der Waals surface area contributed by atoms with Gasteiger partial charge in [0, 0.05) is 19.0 Å². The summed E-state index contributed by atoms with van der Waals surface area (Å²) in [7, 11) is 2.61. The number of ether oxygens (including phenoxy) is 2. The van der Waals surface area contributed by atoms with Crippen molar-refractivity contribution in [1.29, 1.82) is 0 Å². The monoisotopic (exact) mass is 604 g/mol. The topological polar surface area (TPSA) is 56.5 Å². The molecule has 14 heteroatoms. The van der Waals surface area contributed by atoms with Crippen LogP contribution >= 0.6 is 0 Å². The van der Waals surface area contributed by atoms with Gasteiger partial charge in [-0.3, -0.25) is 4.68 Å². The molecule has 3 aromatic carbocycles. The van der Waals surface area contributed by atoms with E-state index >= 15 is 0 Å². The lowest BCUT2D eigenvalue weighted by Gasteiger charge is -2.19. The summed E-state index contributed by atoms with van der Waals surface area (Å²) in [5.74, 6) is -0.618. The van der Waals surface area contributed by atoms with Gasteiger partial charge in [0.25, 0.3) is 0 Å². The van der Waals surface area contributed by atoms with Crippen molar-refractivity contribution in [2.75, 3.05) is 13.7 Å². The normalized spacial score (nSPS) is 12.5. The van der Waals surface area contributed by atoms with Gasteiger partial charge in [-0.2, -0.15) is 44.6 Å². The van der Waals surface area contributed by atoms with E-state index in [4.69, 9.17) is 9.47 Å². The number of nitrogens with zero attached hydrogens (tertiary/aromatic N) is 2. The highest BCUT2D eigenvalue weighted by Gasteiger charge is 2.38. The van der Waals surface area contributed by atoms with Crippen LogP contribution in [0.2, 0.25) is 0 Å². The summed E-state index contributed by atoms with van der Waals surface area (Å²) in [6.45, 7) is -0.118. The Bertz CT molecular complexity index is 1540. The molecule has 0 aliphatic rings. The Labute approximate surface area is 232 Å². The SMILES string of the molecule is COc1ccc(CCOc2ccc(-c3cc(C(F)(F)F)nn3C)c(O)c2-c2cc(C(F)(F)F)cc(C(F)(F)F)c2)cc1. The van der Waals surface area contributed by atoms with Crippen LogP contribution in [0.15, 0.2) is 60.7 Å². The van der Waals surface area contributed by atoms with Crippen molar-refractivity contribution in [1.82, 2.24) is 9.78 Å². The number of halogens is 9. The molecule has 1 N–H and O–H groups in total. The Morgan fingerprint density at radius 2 is 1.38 bits per heavy atom. The van der Waals surface area contributed by atoms with Gasteiger partial charge in [-0.05, 0) is 59.7 Å². The zero-order valence-electron chi connectivity index (χ0n) is 21.7. The van der Waals surface area contributed by atoms with Crippen LogP contribution in [0, 0.1) is 0 Å². The zero-order chi connectivity index (χ0) is 31.0. The van der Waals surface area contributed by atoms with Crippen molar-refractivity contribution in [3.05, 3.63) is 83.0 Å². The molecule has 0 spiro atoms. The minimum Gasteiger partial charge on any atom is -0.506 e. The van der Waals surface area contributed by atoms with Gasteiger partial charge in [0.1, 0.15) is 17.2 Å². The second-order valence-corrected chi connectivity index (χ2v) is 9.11. The summed E-state index contributed by atoms with van der Waals surface area (Å²) < 4.78 is 133. The number of rotatable bonds is 7. The molecule has 0 radical (unpaired) electrons. The Balaban J connectivity index is 1.86. The predicted molar refractivity (Wildman–Crippen MR) is 133 cm³/mol. The van der Waals surface area contributed by atoms with Gasteiger partial charge in [-0.25, -0.2) is 0 Å². The minimum atomic E-state index is -5.19. The van der Waals surface area contributed by atoms with Gasteiger partial charge in [-0.1, -0.05) is 12.1 Å². The first-order valence-corrected chi connectivity index (χ1v) is 12.0. The van der Waals surface area contributed by atoms with Crippen molar-refractivity contribution < 1.29 is 54.1 Å². The molecule has 0 atom stereocenters. The highest BCUT2D eigenvalue weighted by molar-refractivity contribution is 5.86. The summed E-state index contributed by atoms with van der Waals surface area (Å²) in [6, 6.07) is 10.4. The van der Waals surface area contributed by atoms with E-state index in [0.717, 1.165) is 29.4 Å². The number of methoxy groups -OCH3 is 1. The predicted octanol–water partition coefficient (Wildman–Crippen LogP) is 8.15.